The molecule has 2 aromatic rings. The van der Waals surface area contributed by atoms with Gasteiger partial charge >= 0.3 is 0 Å². The molecule has 0 radical (unpaired) electrons. The van der Waals surface area contributed by atoms with Crippen molar-refractivity contribution < 1.29 is 13.9 Å². The highest BCUT2D eigenvalue weighted by molar-refractivity contribution is 5.52. The summed E-state index contributed by atoms with van der Waals surface area (Å²) in [6.07, 6.45) is 1.37. The number of rotatable bonds is 2. The standard InChI is InChI=1S/C10H8FNO2/c11-8-3-1-7(2-4-8)10-12-9(5-13)6-14-10/h1-4,6,13H,5H2. The Morgan fingerprint density at radius 1 is 1.29 bits per heavy atom. The van der Waals surface area contributed by atoms with Gasteiger partial charge in [0, 0.05) is 5.56 Å². The van der Waals surface area contributed by atoms with Gasteiger partial charge in [0.2, 0.25) is 5.89 Å². The summed E-state index contributed by atoms with van der Waals surface area (Å²) < 4.78 is 17.7. The van der Waals surface area contributed by atoms with Crippen molar-refractivity contribution in [2.75, 3.05) is 0 Å². The molecular formula is C10H8FNO2. The molecule has 0 aliphatic heterocycles. The molecule has 0 spiro atoms. The number of halogens is 1. The molecule has 1 aromatic carbocycles. The van der Waals surface area contributed by atoms with Gasteiger partial charge in [0.1, 0.15) is 17.8 Å². The van der Waals surface area contributed by atoms with Gasteiger partial charge in [0.15, 0.2) is 0 Å². The molecule has 0 bridgehead atoms. The first kappa shape index (κ1) is 8.90. The van der Waals surface area contributed by atoms with Crippen LogP contribution in [-0.2, 0) is 6.61 Å². The molecule has 1 N–H and O–H groups in total. The zero-order valence-corrected chi connectivity index (χ0v) is 7.27. The second-order valence-electron chi connectivity index (χ2n) is 2.81. The minimum atomic E-state index is -0.303. The Morgan fingerprint density at radius 2 is 2.00 bits per heavy atom. The van der Waals surface area contributed by atoms with E-state index in [9.17, 15) is 4.39 Å². The molecule has 0 aliphatic carbocycles. The van der Waals surface area contributed by atoms with E-state index in [4.69, 9.17) is 9.52 Å². The van der Waals surface area contributed by atoms with Crippen LogP contribution in [0.4, 0.5) is 4.39 Å². The quantitative estimate of drug-likeness (QED) is 0.793. The third-order valence-electron chi connectivity index (χ3n) is 1.80. The average molecular weight is 193 g/mol. The van der Waals surface area contributed by atoms with E-state index in [0.29, 0.717) is 17.1 Å². The summed E-state index contributed by atoms with van der Waals surface area (Å²) >= 11 is 0. The molecule has 2 rings (SSSR count). The van der Waals surface area contributed by atoms with Crippen molar-refractivity contribution >= 4 is 0 Å². The van der Waals surface area contributed by atoms with E-state index in [1.807, 2.05) is 0 Å². The first-order valence-electron chi connectivity index (χ1n) is 4.11. The summed E-state index contributed by atoms with van der Waals surface area (Å²) in [5, 5.41) is 8.76. The number of aliphatic hydroxyl groups is 1. The lowest BCUT2D eigenvalue weighted by Gasteiger charge is -1.93. The maximum atomic E-state index is 12.6. The number of aromatic nitrogens is 1. The predicted molar refractivity (Wildman–Crippen MR) is 47.8 cm³/mol. The fourth-order valence-corrected chi connectivity index (χ4v) is 1.10. The van der Waals surface area contributed by atoms with Crippen LogP contribution in [0.25, 0.3) is 11.5 Å². The molecule has 0 aliphatic rings. The second kappa shape index (κ2) is 3.59. The molecule has 1 heterocycles. The Labute approximate surface area is 79.8 Å². The van der Waals surface area contributed by atoms with Crippen LogP contribution in [0.5, 0.6) is 0 Å². The number of oxazole rings is 1. The SMILES string of the molecule is OCc1coc(-c2ccc(F)cc2)n1. The smallest absolute Gasteiger partial charge is 0.226 e. The Bertz CT molecular complexity index is 422. The average Bonchev–Trinajstić information content (AvgIpc) is 2.67. The van der Waals surface area contributed by atoms with Gasteiger partial charge in [-0.2, -0.15) is 0 Å². The number of benzene rings is 1. The lowest BCUT2D eigenvalue weighted by Crippen LogP contribution is -1.83. The third-order valence-corrected chi connectivity index (χ3v) is 1.80. The van der Waals surface area contributed by atoms with Crippen LogP contribution < -0.4 is 0 Å². The van der Waals surface area contributed by atoms with Gasteiger partial charge in [0.05, 0.1) is 6.61 Å². The molecule has 0 unspecified atom stereocenters. The van der Waals surface area contributed by atoms with Crippen LogP contribution in [0.15, 0.2) is 34.9 Å². The topological polar surface area (TPSA) is 46.3 Å². The third kappa shape index (κ3) is 1.65. The van der Waals surface area contributed by atoms with Crippen molar-refractivity contribution in [1.82, 2.24) is 4.98 Å². The highest BCUT2D eigenvalue weighted by Gasteiger charge is 2.05. The Balaban J connectivity index is 2.34. The maximum Gasteiger partial charge on any atom is 0.226 e. The molecule has 72 valence electrons. The minimum absolute atomic E-state index is 0.162. The number of aliphatic hydroxyl groups excluding tert-OH is 1. The number of nitrogens with zero attached hydrogens (tertiary/aromatic N) is 1. The molecule has 0 atom stereocenters. The van der Waals surface area contributed by atoms with Gasteiger partial charge in [-0.3, -0.25) is 0 Å². The maximum absolute atomic E-state index is 12.6. The normalized spacial score (nSPS) is 10.4. The first-order valence-corrected chi connectivity index (χ1v) is 4.11. The minimum Gasteiger partial charge on any atom is -0.444 e. The summed E-state index contributed by atoms with van der Waals surface area (Å²) in [4.78, 5) is 3.99. The summed E-state index contributed by atoms with van der Waals surface area (Å²) in [5.74, 6) is 0.0803. The van der Waals surface area contributed by atoms with Gasteiger partial charge in [-0.05, 0) is 24.3 Å². The number of hydrogen-bond acceptors (Lipinski definition) is 3. The van der Waals surface area contributed by atoms with E-state index >= 15 is 0 Å². The second-order valence-corrected chi connectivity index (χ2v) is 2.81. The monoisotopic (exact) mass is 193 g/mol. The van der Waals surface area contributed by atoms with Crippen molar-refractivity contribution in [1.29, 1.82) is 0 Å². The van der Waals surface area contributed by atoms with E-state index in [1.165, 1.54) is 18.4 Å². The van der Waals surface area contributed by atoms with Gasteiger partial charge in [-0.15, -0.1) is 0 Å². The Hall–Kier alpha value is -1.68. The van der Waals surface area contributed by atoms with Crippen LogP contribution in [0.1, 0.15) is 5.69 Å². The Kier molecular flexibility index (Phi) is 2.28. The largest absolute Gasteiger partial charge is 0.444 e. The lowest BCUT2D eigenvalue weighted by molar-refractivity contribution is 0.276. The van der Waals surface area contributed by atoms with Crippen molar-refractivity contribution in [3.05, 3.63) is 42.0 Å². The van der Waals surface area contributed by atoms with Gasteiger partial charge in [-0.25, -0.2) is 9.37 Å². The van der Waals surface area contributed by atoms with E-state index in [-0.39, 0.29) is 12.4 Å². The van der Waals surface area contributed by atoms with Crippen LogP contribution in [0.3, 0.4) is 0 Å². The first-order chi connectivity index (χ1) is 6.79. The van der Waals surface area contributed by atoms with E-state index < -0.39 is 0 Å². The molecule has 4 heteroatoms. The van der Waals surface area contributed by atoms with Gasteiger partial charge in [0.25, 0.3) is 0 Å². The van der Waals surface area contributed by atoms with E-state index in [1.54, 1.807) is 12.1 Å². The highest BCUT2D eigenvalue weighted by atomic mass is 19.1. The molecule has 0 amide bonds. The van der Waals surface area contributed by atoms with Gasteiger partial charge < -0.3 is 9.52 Å². The lowest BCUT2D eigenvalue weighted by atomic mass is 10.2. The van der Waals surface area contributed by atoms with Crippen LogP contribution in [0, 0.1) is 5.82 Å². The van der Waals surface area contributed by atoms with Crippen molar-refractivity contribution in [3.63, 3.8) is 0 Å². The van der Waals surface area contributed by atoms with E-state index in [2.05, 4.69) is 4.98 Å². The number of hydrogen-bond donors (Lipinski definition) is 1. The van der Waals surface area contributed by atoms with Crippen LogP contribution in [0.2, 0.25) is 0 Å². The molecule has 1 aromatic heterocycles. The summed E-state index contributed by atoms with van der Waals surface area (Å²) in [5.41, 5.74) is 1.15. The summed E-state index contributed by atoms with van der Waals surface area (Å²) in [6, 6.07) is 5.81. The van der Waals surface area contributed by atoms with Crippen molar-refractivity contribution in [2.24, 2.45) is 0 Å². The summed E-state index contributed by atoms with van der Waals surface area (Å²) in [6.45, 7) is -0.162. The van der Waals surface area contributed by atoms with Gasteiger partial charge in [-0.1, -0.05) is 0 Å². The van der Waals surface area contributed by atoms with Crippen LogP contribution >= 0.6 is 0 Å². The Morgan fingerprint density at radius 3 is 2.57 bits per heavy atom. The zero-order chi connectivity index (χ0) is 9.97. The highest BCUT2D eigenvalue weighted by Crippen LogP contribution is 2.18. The van der Waals surface area contributed by atoms with Crippen molar-refractivity contribution in [3.8, 4) is 11.5 Å². The summed E-state index contributed by atoms with van der Waals surface area (Å²) in [7, 11) is 0. The van der Waals surface area contributed by atoms with Crippen LogP contribution in [-0.4, -0.2) is 10.1 Å². The molecule has 14 heavy (non-hydrogen) atoms. The predicted octanol–water partition coefficient (Wildman–Crippen LogP) is 1.97. The molecule has 0 fully saturated rings. The molecule has 3 nitrogen and oxygen atoms in total. The fraction of sp³-hybridized carbons (Fsp3) is 0.100. The molecule has 0 saturated carbocycles. The molecular weight excluding hydrogens is 185 g/mol. The fourth-order valence-electron chi connectivity index (χ4n) is 1.10. The van der Waals surface area contributed by atoms with Crippen molar-refractivity contribution in [2.45, 2.75) is 6.61 Å². The molecule has 0 saturated heterocycles. The zero-order valence-electron chi connectivity index (χ0n) is 7.27. The van der Waals surface area contributed by atoms with E-state index in [0.717, 1.165) is 0 Å².